The third-order valence-electron chi connectivity index (χ3n) is 2.51. The predicted octanol–water partition coefficient (Wildman–Crippen LogP) is 1.41. The highest BCUT2D eigenvalue weighted by Gasteiger charge is 2.22. The number of hydrogen-bond acceptors (Lipinski definition) is 2. The van der Waals surface area contributed by atoms with Crippen LogP contribution in [0.25, 0.3) is 0 Å². The van der Waals surface area contributed by atoms with E-state index < -0.39 is 0 Å². The molecule has 0 aliphatic carbocycles. The Hall–Kier alpha value is 0.400. The van der Waals surface area contributed by atoms with Gasteiger partial charge in [-0.15, -0.1) is 0 Å². The summed E-state index contributed by atoms with van der Waals surface area (Å²) in [4.78, 5) is 4.85. The van der Waals surface area contributed by atoms with Crippen molar-refractivity contribution < 1.29 is 0 Å². The lowest BCUT2D eigenvalue weighted by atomic mass is 10.2. The Kier molecular flexibility index (Phi) is 4.54. The topological polar surface area (TPSA) is 6.48 Å². The van der Waals surface area contributed by atoms with E-state index in [4.69, 9.17) is 0 Å². The van der Waals surface area contributed by atoms with Gasteiger partial charge in [-0.1, -0.05) is 15.9 Å². The highest BCUT2D eigenvalue weighted by molar-refractivity contribution is 9.09. The minimum absolute atomic E-state index is 0.796. The summed E-state index contributed by atoms with van der Waals surface area (Å²) in [6.07, 6.45) is 2.75. The molecule has 1 atom stereocenters. The number of likely N-dealkylation sites (N-methyl/N-ethyl adjacent to an activating group) is 1. The van der Waals surface area contributed by atoms with Crippen molar-refractivity contribution in [1.82, 2.24) is 9.80 Å². The average Bonchev–Trinajstić information content (AvgIpc) is 2.47. The Morgan fingerprint density at radius 2 is 2.25 bits per heavy atom. The van der Waals surface area contributed by atoms with Gasteiger partial charge in [0, 0.05) is 24.5 Å². The molecular weight excluding hydrogens is 216 g/mol. The molecule has 72 valence electrons. The van der Waals surface area contributed by atoms with Crippen molar-refractivity contribution in [3.63, 3.8) is 0 Å². The third kappa shape index (κ3) is 3.04. The summed E-state index contributed by atoms with van der Waals surface area (Å²) in [7, 11) is 4.28. The first-order valence-corrected chi connectivity index (χ1v) is 5.81. The van der Waals surface area contributed by atoms with E-state index in [9.17, 15) is 0 Å². The summed E-state index contributed by atoms with van der Waals surface area (Å²) in [6.45, 7) is 3.71. The van der Waals surface area contributed by atoms with E-state index in [0.29, 0.717) is 0 Å². The molecule has 1 aliphatic heterocycles. The van der Waals surface area contributed by atoms with E-state index >= 15 is 0 Å². The van der Waals surface area contributed by atoms with Crippen molar-refractivity contribution in [3.8, 4) is 0 Å². The molecule has 12 heavy (non-hydrogen) atoms. The molecule has 1 rings (SSSR count). The van der Waals surface area contributed by atoms with E-state index in [1.165, 1.54) is 32.5 Å². The molecule has 1 saturated heterocycles. The summed E-state index contributed by atoms with van der Waals surface area (Å²) in [5.74, 6) is 0. The first-order chi connectivity index (χ1) is 5.74. The van der Waals surface area contributed by atoms with Crippen molar-refractivity contribution in [3.05, 3.63) is 0 Å². The Bertz CT molecular complexity index is 128. The number of likely N-dealkylation sites (tertiary alicyclic amines) is 1. The van der Waals surface area contributed by atoms with E-state index in [-0.39, 0.29) is 0 Å². The molecule has 0 aromatic heterocycles. The largest absolute Gasteiger partial charge is 0.308 e. The van der Waals surface area contributed by atoms with Crippen molar-refractivity contribution in [2.75, 3.05) is 39.1 Å². The second kappa shape index (κ2) is 5.20. The molecule has 1 heterocycles. The zero-order chi connectivity index (χ0) is 8.97. The lowest BCUT2D eigenvalue weighted by Gasteiger charge is -2.24. The molecule has 0 aromatic carbocycles. The fourth-order valence-corrected chi connectivity index (χ4v) is 2.43. The maximum absolute atomic E-state index is 3.57. The molecule has 0 radical (unpaired) electrons. The van der Waals surface area contributed by atoms with Gasteiger partial charge in [-0.25, -0.2) is 0 Å². The van der Waals surface area contributed by atoms with Gasteiger partial charge < -0.3 is 4.90 Å². The van der Waals surface area contributed by atoms with Crippen LogP contribution >= 0.6 is 15.9 Å². The van der Waals surface area contributed by atoms with Gasteiger partial charge in [0.05, 0.1) is 0 Å². The molecule has 1 unspecified atom stereocenters. The number of alkyl halides is 1. The second-order valence-corrected chi connectivity index (χ2v) is 4.44. The van der Waals surface area contributed by atoms with Crippen LogP contribution in [0.1, 0.15) is 12.8 Å². The van der Waals surface area contributed by atoms with Crippen molar-refractivity contribution >= 4 is 15.9 Å². The summed E-state index contributed by atoms with van der Waals surface area (Å²) in [6, 6.07) is 0.796. The molecule has 0 N–H and O–H groups in total. The van der Waals surface area contributed by atoms with Gasteiger partial charge in [0.25, 0.3) is 0 Å². The Labute approximate surface area is 84.0 Å². The third-order valence-corrected chi connectivity index (χ3v) is 3.26. The first-order valence-electron chi connectivity index (χ1n) is 4.69. The molecule has 3 heteroatoms. The van der Waals surface area contributed by atoms with Crippen molar-refractivity contribution in [2.24, 2.45) is 0 Å². The van der Waals surface area contributed by atoms with Crippen LogP contribution in [-0.4, -0.2) is 54.9 Å². The maximum Gasteiger partial charge on any atom is 0.0193 e. The molecule has 0 amide bonds. The number of hydrogen-bond donors (Lipinski definition) is 0. The molecule has 0 aromatic rings. The van der Waals surface area contributed by atoms with E-state index in [1.807, 2.05) is 0 Å². The smallest absolute Gasteiger partial charge is 0.0193 e. The highest BCUT2D eigenvalue weighted by Crippen LogP contribution is 2.17. The quantitative estimate of drug-likeness (QED) is 0.680. The van der Waals surface area contributed by atoms with Crippen LogP contribution in [0.5, 0.6) is 0 Å². The monoisotopic (exact) mass is 234 g/mol. The van der Waals surface area contributed by atoms with Gasteiger partial charge in [-0.05, 0) is 33.5 Å². The van der Waals surface area contributed by atoms with Crippen molar-refractivity contribution in [1.29, 1.82) is 0 Å². The highest BCUT2D eigenvalue weighted by atomic mass is 79.9. The number of halogens is 1. The Balaban J connectivity index is 2.21. The first kappa shape index (κ1) is 10.5. The van der Waals surface area contributed by atoms with E-state index in [1.54, 1.807) is 0 Å². The van der Waals surface area contributed by atoms with Gasteiger partial charge in [0.1, 0.15) is 0 Å². The minimum Gasteiger partial charge on any atom is -0.308 e. The summed E-state index contributed by atoms with van der Waals surface area (Å²) < 4.78 is 0. The normalized spacial score (nSPS) is 25.5. The predicted molar refractivity (Wildman–Crippen MR) is 56.9 cm³/mol. The van der Waals surface area contributed by atoms with Gasteiger partial charge in [0.15, 0.2) is 0 Å². The molecule has 0 saturated carbocycles. The molecule has 0 bridgehead atoms. The average molecular weight is 235 g/mol. The Morgan fingerprint density at radius 3 is 2.83 bits per heavy atom. The fraction of sp³-hybridized carbons (Fsp3) is 1.00. The van der Waals surface area contributed by atoms with Crippen molar-refractivity contribution in [2.45, 2.75) is 18.9 Å². The van der Waals surface area contributed by atoms with Crippen LogP contribution < -0.4 is 0 Å². The standard InChI is InChI=1S/C9H19BrN2/c1-11(2)6-7-12-5-3-4-9(12)8-10/h9H,3-8H2,1-2H3. The number of nitrogens with zero attached hydrogens (tertiary/aromatic N) is 2. The minimum atomic E-state index is 0.796. The second-order valence-electron chi connectivity index (χ2n) is 3.79. The Morgan fingerprint density at radius 1 is 1.50 bits per heavy atom. The summed E-state index contributed by atoms with van der Waals surface area (Å²) in [5.41, 5.74) is 0. The van der Waals surface area contributed by atoms with Crippen LogP contribution in [0.15, 0.2) is 0 Å². The van der Waals surface area contributed by atoms with Gasteiger partial charge in [-0.3, -0.25) is 4.90 Å². The van der Waals surface area contributed by atoms with E-state index in [2.05, 4.69) is 39.8 Å². The van der Waals surface area contributed by atoms with E-state index in [0.717, 1.165) is 11.4 Å². The van der Waals surface area contributed by atoms with Gasteiger partial charge in [-0.2, -0.15) is 0 Å². The van der Waals surface area contributed by atoms with Gasteiger partial charge in [0.2, 0.25) is 0 Å². The zero-order valence-corrected chi connectivity index (χ0v) is 9.68. The van der Waals surface area contributed by atoms with Crippen LogP contribution in [0, 0.1) is 0 Å². The molecular formula is C9H19BrN2. The lowest BCUT2D eigenvalue weighted by Crippen LogP contribution is -2.36. The molecule has 1 aliphatic rings. The lowest BCUT2D eigenvalue weighted by molar-refractivity contribution is 0.240. The maximum atomic E-state index is 3.57. The van der Waals surface area contributed by atoms with Gasteiger partial charge >= 0.3 is 0 Å². The SMILES string of the molecule is CN(C)CCN1CCCC1CBr. The van der Waals surface area contributed by atoms with Crippen LogP contribution in [0.4, 0.5) is 0 Å². The van der Waals surface area contributed by atoms with Crippen LogP contribution in [0.2, 0.25) is 0 Å². The van der Waals surface area contributed by atoms with Crippen LogP contribution in [-0.2, 0) is 0 Å². The summed E-state index contributed by atoms with van der Waals surface area (Å²) >= 11 is 3.57. The molecule has 0 spiro atoms. The molecule has 2 nitrogen and oxygen atoms in total. The van der Waals surface area contributed by atoms with Crippen LogP contribution in [0.3, 0.4) is 0 Å². The summed E-state index contributed by atoms with van der Waals surface area (Å²) in [5, 5.41) is 1.14. The number of rotatable bonds is 4. The zero-order valence-electron chi connectivity index (χ0n) is 8.09. The molecule has 1 fully saturated rings. The fourth-order valence-electron chi connectivity index (χ4n) is 1.69.